The third-order valence-electron chi connectivity index (χ3n) is 3.82. The Kier molecular flexibility index (Phi) is 6.66. The predicted molar refractivity (Wildman–Crippen MR) is 107 cm³/mol. The summed E-state index contributed by atoms with van der Waals surface area (Å²) < 4.78 is 5.29. The number of rotatable bonds is 6. The van der Waals surface area contributed by atoms with Crippen LogP contribution in [-0.4, -0.2) is 42.1 Å². The summed E-state index contributed by atoms with van der Waals surface area (Å²) in [5.74, 6) is 0.290. The van der Waals surface area contributed by atoms with E-state index in [1.807, 2.05) is 33.8 Å². The van der Waals surface area contributed by atoms with Crippen molar-refractivity contribution in [2.75, 3.05) is 19.6 Å². The normalized spacial score (nSPS) is 12.3. The number of carbonyl (C=O) groups is 1. The van der Waals surface area contributed by atoms with Crippen molar-refractivity contribution in [2.45, 2.75) is 46.6 Å². The maximum Gasteiger partial charge on any atom is 0.328 e. The first kappa shape index (κ1) is 19.8. The highest BCUT2D eigenvalue weighted by molar-refractivity contribution is 5.85. The van der Waals surface area contributed by atoms with E-state index in [0.29, 0.717) is 5.96 Å². The molecule has 3 N–H and O–H groups in total. The van der Waals surface area contributed by atoms with E-state index >= 15 is 0 Å². The van der Waals surface area contributed by atoms with E-state index in [1.54, 1.807) is 0 Å². The highest BCUT2D eigenvalue weighted by Crippen LogP contribution is 2.21. The molecule has 0 saturated carbocycles. The van der Waals surface area contributed by atoms with Crippen molar-refractivity contribution in [3.05, 3.63) is 35.5 Å². The van der Waals surface area contributed by atoms with Gasteiger partial charge >= 0.3 is 5.97 Å². The lowest BCUT2D eigenvalue weighted by Crippen LogP contribution is -2.39. The average molecular weight is 358 g/mol. The van der Waals surface area contributed by atoms with Crippen LogP contribution in [0.15, 0.2) is 29.3 Å². The molecular weight excluding hydrogens is 328 g/mol. The highest BCUT2D eigenvalue weighted by atomic mass is 16.6. The predicted octanol–water partition coefficient (Wildman–Crippen LogP) is 2.92. The number of fused-ring (bicyclic) bond motifs is 1. The first-order valence-corrected chi connectivity index (χ1v) is 9.10. The van der Waals surface area contributed by atoms with Crippen molar-refractivity contribution in [1.29, 1.82) is 0 Å². The number of benzene rings is 1. The van der Waals surface area contributed by atoms with Crippen LogP contribution in [-0.2, 0) is 16.0 Å². The number of hydrogen-bond donors (Lipinski definition) is 3. The van der Waals surface area contributed by atoms with E-state index in [9.17, 15) is 4.79 Å². The minimum Gasteiger partial charge on any atom is -0.459 e. The molecule has 0 radical (unpaired) electrons. The quantitative estimate of drug-likeness (QED) is 0.421. The van der Waals surface area contributed by atoms with E-state index in [1.165, 1.54) is 16.6 Å². The second-order valence-electron chi connectivity index (χ2n) is 7.23. The molecule has 142 valence electrons. The number of ether oxygens (including phenoxy) is 1. The lowest BCUT2D eigenvalue weighted by Gasteiger charge is -2.19. The summed E-state index contributed by atoms with van der Waals surface area (Å²) in [6.45, 7) is 11.1. The maximum absolute atomic E-state index is 11.8. The third kappa shape index (κ3) is 5.79. The lowest BCUT2D eigenvalue weighted by molar-refractivity contribution is -0.152. The Morgan fingerprint density at radius 2 is 1.96 bits per heavy atom. The van der Waals surface area contributed by atoms with Gasteiger partial charge in [-0.2, -0.15) is 0 Å². The van der Waals surface area contributed by atoms with Crippen LogP contribution in [0.2, 0.25) is 0 Å². The summed E-state index contributed by atoms with van der Waals surface area (Å²) >= 11 is 0. The fourth-order valence-electron chi connectivity index (χ4n) is 2.82. The molecule has 1 heterocycles. The fraction of sp³-hybridized carbons (Fsp3) is 0.500. The van der Waals surface area contributed by atoms with Crippen LogP contribution in [0.3, 0.4) is 0 Å². The third-order valence-corrected chi connectivity index (χ3v) is 3.82. The van der Waals surface area contributed by atoms with Gasteiger partial charge in [0.1, 0.15) is 12.1 Å². The molecule has 6 nitrogen and oxygen atoms in total. The van der Waals surface area contributed by atoms with Gasteiger partial charge in [-0.1, -0.05) is 18.2 Å². The highest BCUT2D eigenvalue weighted by Gasteiger charge is 2.16. The van der Waals surface area contributed by atoms with Crippen molar-refractivity contribution in [2.24, 2.45) is 4.99 Å². The van der Waals surface area contributed by atoms with Gasteiger partial charge in [-0.3, -0.25) is 4.79 Å². The molecule has 0 saturated heterocycles. The van der Waals surface area contributed by atoms with Gasteiger partial charge in [0.15, 0.2) is 5.96 Å². The number of hydrogen-bond acceptors (Lipinski definition) is 3. The summed E-state index contributed by atoms with van der Waals surface area (Å²) in [6.07, 6.45) is 0.868. The van der Waals surface area contributed by atoms with Crippen LogP contribution in [0.4, 0.5) is 0 Å². The van der Waals surface area contributed by atoms with Gasteiger partial charge < -0.3 is 20.4 Å². The molecule has 2 aromatic rings. The first-order chi connectivity index (χ1) is 12.3. The van der Waals surface area contributed by atoms with E-state index in [4.69, 9.17) is 4.74 Å². The number of carbonyl (C=O) groups excluding carboxylic acids is 1. The smallest absolute Gasteiger partial charge is 0.328 e. The fourth-order valence-corrected chi connectivity index (χ4v) is 2.82. The number of nitrogens with one attached hydrogen (secondary N) is 3. The molecular formula is C20H30N4O2. The maximum atomic E-state index is 11.8. The Morgan fingerprint density at radius 3 is 2.65 bits per heavy atom. The number of aromatic amines is 1. The molecule has 1 aromatic heterocycles. The summed E-state index contributed by atoms with van der Waals surface area (Å²) in [5, 5.41) is 7.69. The van der Waals surface area contributed by atoms with Crippen molar-refractivity contribution in [3.8, 4) is 0 Å². The first-order valence-electron chi connectivity index (χ1n) is 9.10. The molecule has 2 rings (SSSR count). The zero-order valence-corrected chi connectivity index (χ0v) is 16.4. The molecule has 6 heteroatoms. The number of guanidine groups is 1. The van der Waals surface area contributed by atoms with Gasteiger partial charge in [0.05, 0.1) is 0 Å². The monoisotopic (exact) mass is 358 g/mol. The molecule has 0 aliphatic carbocycles. The number of aromatic nitrogens is 1. The number of para-hydroxylation sites is 1. The second-order valence-corrected chi connectivity index (χ2v) is 7.23. The molecule has 1 aromatic carbocycles. The van der Waals surface area contributed by atoms with Gasteiger partial charge in [0.2, 0.25) is 0 Å². The van der Waals surface area contributed by atoms with E-state index in [2.05, 4.69) is 45.7 Å². The standard InChI is InChI=1S/C20H30N4O2/c1-6-21-19(23-13-18(25)26-20(3,4)5)22-12-11-15-14(2)24-17-10-8-7-9-16(15)17/h7-10,24H,6,11-13H2,1-5H3,(H2,21,22,23). The summed E-state index contributed by atoms with van der Waals surface area (Å²) in [4.78, 5) is 19.6. The van der Waals surface area contributed by atoms with Crippen LogP contribution < -0.4 is 10.6 Å². The topological polar surface area (TPSA) is 78.5 Å². The molecule has 0 bridgehead atoms. The Morgan fingerprint density at radius 1 is 1.23 bits per heavy atom. The number of nitrogens with zero attached hydrogens (tertiary/aromatic N) is 1. The summed E-state index contributed by atoms with van der Waals surface area (Å²) in [5.41, 5.74) is 3.15. The molecule has 0 aliphatic rings. The molecule has 26 heavy (non-hydrogen) atoms. The van der Waals surface area contributed by atoms with Crippen molar-refractivity contribution in [1.82, 2.24) is 15.6 Å². The molecule has 0 fully saturated rings. The number of H-pyrrole nitrogens is 1. The summed E-state index contributed by atoms with van der Waals surface area (Å²) in [6, 6.07) is 8.31. The Labute approximate surface area is 155 Å². The molecule has 0 aliphatic heterocycles. The van der Waals surface area contributed by atoms with Gasteiger partial charge in [0.25, 0.3) is 0 Å². The van der Waals surface area contributed by atoms with Crippen LogP contribution in [0.25, 0.3) is 10.9 Å². The number of aliphatic imine (C=N–C) groups is 1. The molecule has 0 spiro atoms. The Hall–Kier alpha value is -2.50. The van der Waals surface area contributed by atoms with E-state index in [-0.39, 0.29) is 12.5 Å². The van der Waals surface area contributed by atoms with E-state index in [0.717, 1.165) is 25.0 Å². The van der Waals surface area contributed by atoms with Crippen LogP contribution in [0.5, 0.6) is 0 Å². The van der Waals surface area contributed by atoms with Gasteiger partial charge in [0, 0.05) is 29.7 Å². The lowest BCUT2D eigenvalue weighted by atomic mass is 10.1. The van der Waals surface area contributed by atoms with Gasteiger partial charge in [-0.25, -0.2) is 4.99 Å². The minimum atomic E-state index is -0.495. The SMILES string of the molecule is CCNC(=NCC(=O)OC(C)(C)C)NCCc1c(C)[nH]c2ccccc12. The largest absolute Gasteiger partial charge is 0.459 e. The van der Waals surface area contributed by atoms with Crippen molar-refractivity contribution in [3.63, 3.8) is 0 Å². The number of esters is 1. The average Bonchev–Trinajstić information content (AvgIpc) is 2.87. The zero-order valence-electron chi connectivity index (χ0n) is 16.4. The Bertz CT molecular complexity index is 772. The van der Waals surface area contributed by atoms with Crippen LogP contribution >= 0.6 is 0 Å². The van der Waals surface area contributed by atoms with Crippen LogP contribution in [0.1, 0.15) is 39.0 Å². The second kappa shape index (κ2) is 8.74. The molecule has 0 unspecified atom stereocenters. The zero-order chi connectivity index (χ0) is 19.2. The Balaban J connectivity index is 1.94. The summed E-state index contributed by atoms with van der Waals surface area (Å²) in [7, 11) is 0. The van der Waals surface area contributed by atoms with Gasteiger partial charge in [-0.15, -0.1) is 0 Å². The van der Waals surface area contributed by atoms with Gasteiger partial charge in [-0.05, 0) is 52.7 Å². The molecule has 0 atom stereocenters. The van der Waals surface area contributed by atoms with Crippen molar-refractivity contribution >= 4 is 22.8 Å². The van der Waals surface area contributed by atoms with E-state index < -0.39 is 5.60 Å². The number of aryl methyl sites for hydroxylation is 1. The van der Waals surface area contributed by atoms with Crippen LogP contribution in [0, 0.1) is 6.92 Å². The van der Waals surface area contributed by atoms with Crippen molar-refractivity contribution < 1.29 is 9.53 Å². The minimum absolute atomic E-state index is 0.00127. The molecule has 0 amide bonds.